The molecule has 2 fully saturated rings. The number of aromatic nitrogens is 1. The molecule has 0 N–H and O–H groups in total. The lowest BCUT2D eigenvalue weighted by atomic mass is 9.62. The van der Waals surface area contributed by atoms with Gasteiger partial charge in [-0.3, -0.25) is 0 Å². The Kier molecular flexibility index (Phi) is 10.9. The summed E-state index contributed by atoms with van der Waals surface area (Å²) in [6.07, 6.45) is 7.79. The summed E-state index contributed by atoms with van der Waals surface area (Å²) in [7, 11) is 0. The summed E-state index contributed by atoms with van der Waals surface area (Å²) < 4.78 is 2.41. The van der Waals surface area contributed by atoms with Gasteiger partial charge < -0.3 is 9.47 Å². The lowest BCUT2D eigenvalue weighted by Gasteiger charge is -2.40. The summed E-state index contributed by atoms with van der Waals surface area (Å²) in [5, 5.41) is 2.54. The van der Waals surface area contributed by atoms with Crippen molar-refractivity contribution in [3.05, 3.63) is 288 Å². The van der Waals surface area contributed by atoms with Crippen LogP contribution in [0.2, 0.25) is 0 Å². The summed E-state index contributed by atoms with van der Waals surface area (Å²) in [6.45, 7) is 2.62. The van der Waals surface area contributed by atoms with Crippen molar-refractivity contribution >= 4 is 38.9 Å². The molecule has 1 heterocycles. The lowest BCUT2D eigenvalue weighted by Crippen LogP contribution is -2.34. The minimum atomic E-state index is -0.531. The van der Waals surface area contributed by atoms with Gasteiger partial charge in [0.1, 0.15) is 0 Å². The Morgan fingerprint density at radius 2 is 0.959 bits per heavy atom. The molecule has 2 bridgehead atoms. The first-order valence-electron chi connectivity index (χ1n) is 27.0. The van der Waals surface area contributed by atoms with Crippen LogP contribution in [0, 0.1) is 17.8 Å². The van der Waals surface area contributed by atoms with Crippen LogP contribution in [-0.2, 0) is 17.3 Å². The molecule has 0 amide bonds. The van der Waals surface area contributed by atoms with Crippen LogP contribution in [0.4, 0.5) is 17.1 Å². The Morgan fingerprint density at radius 1 is 0.432 bits per heavy atom. The first kappa shape index (κ1) is 44.5. The number of nitrogens with zero attached hydrogens (tertiary/aromatic N) is 2. The molecule has 3 aliphatic carbocycles. The number of anilines is 3. The zero-order valence-electron chi connectivity index (χ0n) is 42.1. The van der Waals surface area contributed by atoms with E-state index in [1.807, 2.05) is 0 Å². The minimum Gasteiger partial charge on any atom is -0.310 e. The molecule has 3 aliphatic rings. The third-order valence-electron chi connectivity index (χ3n) is 17.7. The number of fused-ring (bicyclic) bond motifs is 7. The number of benzene rings is 10. The van der Waals surface area contributed by atoms with Crippen LogP contribution in [0.5, 0.6) is 0 Å². The molecule has 0 aliphatic heterocycles. The van der Waals surface area contributed by atoms with E-state index >= 15 is 0 Å². The van der Waals surface area contributed by atoms with E-state index in [0.717, 1.165) is 41.2 Å². The predicted octanol–water partition coefficient (Wildman–Crippen LogP) is 18.6. The van der Waals surface area contributed by atoms with E-state index in [2.05, 4.69) is 271 Å². The molecule has 358 valence electrons. The van der Waals surface area contributed by atoms with Crippen molar-refractivity contribution < 1.29 is 0 Å². The fourth-order valence-electron chi connectivity index (χ4n) is 14.5. The molecule has 2 nitrogen and oxygen atoms in total. The van der Waals surface area contributed by atoms with Crippen LogP contribution < -0.4 is 4.90 Å². The van der Waals surface area contributed by atoms with Crippen molar-refractivity contribution in [3.63, 3.8) is 0 Å². The minimum absolute atomic E-state index is 0.0814. The largest absolute Gasteiger partial charge is 0.310 e. The standard InChI is InChI=1S/C72H60N2/c1-71(48-56-45-50-32-33-55(56)44-50)49-57-47-63(42-43-66(57)72(58-21-7-3-8-22-58,59-23-9-4-10-24-59)68-29-14-13-28-67(68)71)73(60-38-34-52(35-39-60)51-18-5-2-6-19-51)61-40-36-53(37-41-61)54-20-17-25-62(46-54)74-69-30-15-11-26-64(69)65-27-12-16-31-70(65)74/h2-31,34-43,46-47,50,55-56H,32-33,44-45,48-49H2,1H3/t50-,55+,56?,71-/m1/s1. The molecule has 1 unspecified atom stereocenters. The molecule has 0 radical (unpaired) electrons. The van der Waals surface area contributed by atoms with Gasteiger partial charge in [-0.05, 0) is 172 Å². The van der Waals surface area contributed by atoms with Crippen molar-refractivity contribution in [2.24, 2.45) is 17.8 Å². The molecule has 2 saturated carbocycles. The van der Waals surface area contributed by atoms with Crippen molar-refractivity contribution in [1.29, 1.82) is 0 Å². The molecule has 74 heavy (non-hydrogen) atoms. The fraction of sp³-hybridized carbons (Fsp3) is 0.167. The highest BCUT2D eigenvalue weighted by Gasteiger charge is 2.50. The van der Waals surface area contributed by atoms with E-state index in [9.17, 15) is 0 Å². The van der Waals surface area contributed by atoms with E-state index in [1.54, 1.807) is 0 Å². The first-order chi connectivity index (χ1) is 36.5. The Hall–Kier alpha value is -8.20. The van der Waals surface area contributed by atoms with Gasteiger partial charge in [0.05, 0.1) is 16.4 Å². The van der Waals surface area contributed by atoms with Crippen molar-refractivity contribution in [1.82, 2.24) is 4.57 Å². The maximum absolute atomic E-state index is 2.62. The smallest absolute Gasteiger partial charge is 0.0707 e. The third kappa shape index (κ3) is 7.37. The van der Waals surface area contributed by atoms with E-state index in [4.69, 9.17) is 0 Å². The van der Waals surface area contributed by atoms with Crippen molar-refractivity contribution in [2.45, 2.75) is 56.3 Å². The highest BCUT2D eigenvalue weighted by atomic mass is 15.1. The molecule has 10 aromatic carbocycles. The normalized spacial score (nSPS) is 19.5. The number of para-hydroxylation sites is 2. The zero-order chi connectivity index (χ0) is 49.2. The molecular formula is C72H60N2. The summed E-state index contributed by atoms with van der Waals surface area (Å²) in [4.78, 5) is 2.49. The molecule has 0 spiro atoms. The van der Waals surface area contributed by atoms with Crippen LogP contribution in [0.15, 0.2) is 255 Å². The van der Waals surface area contributed by atoms with E-state index in [0.29, 0.717) is 0 Å². The summed E-state index contributed by atoms with van der Waals surface area (Å²) in [6, 6.07) is 95.6. The average molecular weight is 953 g/mol. The zero-order valence-corrected chi connectivity index (χ0v) is 42.1. The molecule has 4 atom stereocenters. The molecule has 1 aromatic heterocycles. The number of rotatable bonds is 10. The first-order valence-corrected chi connectivity index (χ1v) is 27.0. The van der Waals surface area contributed by atoms with Gasteiger partial charge in [0.25, 0.3) is 0 Å². The van der Waals surface area contributed by atoms with Crippen molar-refractivity contribution in [3.8, 4) is 27.9 Å². The van der Waals surface area contributed by atoms with Gasteiger partial charge >= 0.3 is 0 Å². The topological polar surface area (TPSA) is 8.17 Å². The fourth-order valence-corrected chi connectivity index (χ4v) is 14.5. The summed E-state index contributed by atoms with van der Waals surface area (Å²) >= 11 is 0. The van der Waals surface area contributed by atoms with Gasteiger partial charge in [-0.1, -0.05) is 207 Å². The van der Waals surface area contributed by atoms with Crippen LogP contribution >= 0.6 is 0 Å². The van der Waals surface area contributed by atoms with Gasteiger partial charge in [0, 0.05) is 33.5 Å². The quantitative estimate of drug-likeness (QED) is 0.133. The number of hydrogen-bond acceptors (Lipinski definition) is 1. The molecule has 2 heteroatoms. The molecule has 0 saturated heterocycles. The van der Waals surface area contributed by atoms with E-state index < -0.39 is 5.41 Å². The second-order valence-corrected chi connectivity index (χ2v) is 22.0. The molecular weight excluding hydrogens is 893 g/mol. The van der Waals surface area contributed by atoms with Gasteiger partial charge in [0.2, 0.25) is 0 Å². The maximum Gasteiger partial charge on any atom is 0.0707 e. The Bertz CT molecular complexity index is 3720. The summed E-state index contributed by atoms with van der Waals surface area (Å²) in [5.41, 5.74) is 19.5. The van der Waals surface area contributed by atoms with Crippen LogP contribution in [0.1, 0.15) is 72.4 Å². The average Bonchev–Trinajstić information content (AvgIpc) is 4.17. The highest BCUT2D eigenvalue weighted by molar-refractivity contribution is 6.09. The predicted molar refractivity (Wildman–Crippen MR) is 309 cm³/mol. The molecule has 11 aromatic rings. The molecule has 14 rings (SSSR count). The lowest BCUT2D eigenvalue weighted by molar-refractivity contribution is 0.248. The van der Waals surface area contributed by atoms with Crippen LogP contribution in [0.25, 0.3) is 49.7 Å². The van der Waals surface area contributed by atoms with Gasteiger partial charge in [0.15, 0.2) is 0 Å². The van der Waals surface area contributed by atoms with E-state index in [-0.39, 0.29) is 5.41 Å². The summed E-state index contributed by atoms with van der Waals surface area (Å²) in [5.74, 6) is 2.50. The van der Waals surface area contributed by atoms with E-state index in [1.165, 1.54) is 115 Å². The van der Waals surface area contributed by atoms with Gasteiger partial charge in [-0.15, -0.1) is 0 Å². The second kappa shape index (κ2) is 18.1. The maximum atomic E-state index is 2.62. The Balaban J connectivity index is 0.932. The van der Waals surface area contributed by atoms with Crippen molar-refractivity contribution in [2.75, 3.05) is 4.90 Å². The third-order valence-corrected chi connectivity index (χ3v) is 17.7. The van der Waals surface area contributed by atoms with Crippen LogP contribution in [-0.4, -0.2) is 4.57 Å². The Labute approximate surface area is 436 Å². The highest BCUT2D eigenvalue weighted by Crippen LogP contribution is 2.58. The SMILES string of the molecule is C[C@@]1(CC2C[C@@H]3CC[C@H]2C3)Cc2cc(N(c3ccc(-c4ccccc4)cc3)c3ccc(-c4cccc(-n5c6ccccc6c6ccccc65)c4)cc3)ccc2C(c2ccccc2)(c2ccccc2)c2ccccc21. The Morgan fingerprint density at radius 3 is 1.57 bits per heavy atom. The number of hydrogen-bond donors (Lipinski definition) is 0. The van der Waals surface area contributed by atoms with Gasteiger partial charge in [-0.25, -0.2) is 0 Å². The van der Waals surface area contributed by atoms with Gasteiger partial charge in [-0.2, -0.15) is 0 Å². The van der Waals surface area contributed by atoms with Crippen LogP contribution in [0.3, 0.4) is 0 Å². The second-order valence-electron chi connectivity index (χ2n) is 22.0. The monoisotopic (exact) mass is 952 g/mol.